The SMILES string of the molecule is CCC[C]1CCC(C)CC1C(F)(F)F. The summed E-state index contributed by atoms with van der Waals surface area (Å²) in [5.41, 5.74) is 0. The molecule has 0 amide bonds. The summed E-state index contributed by atoms with van der Waals surface area (Å²) in [7, 11) is 0. The molecule has 0 heterocycles. The van der Waals surface area contributed by atoms with Crippen LogP contribution in [0.3, 0.4) is 0 Å². The molecule has 0 N–H and O–H groups in total. The van der Waals surface area contributed by atoms with Gasteiger partial charge in [-0.2, -0.15) is 13.2 Å². The fourth-order valence-electron chi connectivity index (χ4n) is 2.28. The molecule has 1 radical (unpaired) electrons. The van der Waals surface area contributed by atoms with Crippen molar-refractivity contribution in [3.05, 3.63) is 5.92 Å². The molecule has 1 fully saturated rings. The van der Waals surface area contributed by atoms with E-state index in [1.54, 1.807) is 0 Å². The monoisotopic (exact) mass is 207 g/mol. The summed E-state index contributed by atoms with van der Waals surface area (Å²) in [6.07, 6.45) is -0.619. The first-order valence-corrected chi connectivity index (χ1v) is 5.36. The van der Waals surface area contributed by atoms with Gasteiger partial charge >= 0.3 is 6.18 Å². The van der Waals surface area contributed by atoms with Crippen LogP contribution >= 0.6 is 0 Å². The topological polar surface area (TPSA) is 0 Å². The Hall–Kier alpha value is -0.210. The Labute approximate surface area is 83.9 Å². The number of hydrogen-bond acceptors (Lipinski definition) is 0. The third-order valence-electron chi connectivity index (χ3n) is 3.06. The van der Waals surface area contributed by atoms with Gasteiger partial charge in [-0.05, 0) is 31.1 Å². The van der Waals surface area contributed by atoms with Crippen molar-refractivity contribution in [2.75, 3.05) is 0 Å². The maximum atomic E-state index is 12.7. The minimum atomic E-state index is -4.01. The highest BCUT2D eigenvalue weighted by Gasteiger charge is 2.46. The Morgan fingerprint density at radius 2 is 2.00 bits per heavy atom. The molecule has 0 aromatic carbocycles. The molecular weight excluding hydrogens is 189 g/mol. The van der Waals surface area contributed by atoms with Crippen molar-refractivity contribution < 1.29 is 13.2 Å². The molecule has 3 heteroatoms. The Bertz CT molecular complexity index is 174. The van der Waals surface area contributed by atoms with E-state index >= 15 is 0 Å². The first-order valence-electron chi connectivity index (χ1n) is 5.36. The lowest BCUT2D eigenvalue weighted by Crippen LogP contribution is -2.34. The van der Waals surface area contributed by atoms with Gasteiger partial charge in [-0.3, -0.25) is 0 Å². The molecule has 1 rings (SSSR count). The van der Waals surface area contributed by atoms with Gasteiger partial charge in [0.25, 0.3) is 0 Å². The molecule has 1 aliphatic rings. The number of hydrogen-bond donors (Lipinski definition) is 0. The Morgan fingerprint density at radius 3 is 2.50 bits per heavy atom. The van der Waals surface area contributed by atoms with Crippen molar-refractivity contribution in [1.82, 2.24) is 0 Å². The lowest BCUT2D eigenvalue weighted by molar-refractivity contribution is -0.179. The Kier molecular flexibility index (Phi) is 3.85. The van der Waals surface area contributed by atoms with Crippen molar-refractivity contribution >= 4 is 0 Å². The molecule has 83 valence electrons. The van der Waals surface area contributed by atoms with E-state index in [1.807, 2.05) is 13.8 Å². The minimum absolute atomic E-state index is 0.224. The van der Waals surface area contributed by atoms with E-state index in [0.717, 1.165) is 18.8 Å². The number of rotatable bonds is 2. The molecule has 2 atom stereocenters. The van der Waals surface area contributed by atoms with Gasteiger partial charge in [0.2, 0.25) is 0 Å². The van der Waals surface area contributed by atoms with E-state index in [9.17, 15) is 13.2 Å². The zero-order valence-electron chi connectivity index (χ0n) is 8.82. The second-order valence-electron chi connectivity index (χ2n) is 4.38. The first-order chi connectivity index (χ1) is 6.45. The van der Waals surface area contributed by atoms with E-state index < -0.39 is 12.1 Å². The van der Waals surface area contributed by atoms with E-state index in [2.05, 4.69) is 0 Å². The molecule has 0 nitrogen and oxygen atoms in total. The number of alkyl halides is 3. The summed E-state index contributed by atoms with van der Waals surface area (Å²) in [6, 6.07) is 0. The van der Waals surface area contributed by atoms with Crippen LogP contribution in [0.1, 0.15) is 46.0 Å². The summed E-state index contributed by atoms with van der Waals surface area (Å²) in [6.45, 7) is 3.86. The van der Waals surface area contributed by atoms with Crippen molar-refractivity contribution in [2.45, 2.75) is 52.1 Å². The van der Waals surface area contributed by atoms with Crippen LogP contribution in [-0.2, 0) is 0 Å². The molecule has 0 spiro atoms. The highest BCUT2D eigenvalue weighted by molar-refractivity contribution is 5.03. The quantitative estimate of drug-likeness (QED) is 0.631. The molecule has 0 saturated heterocycles. The molecule has 14 heavy (non-hydrogen) atoms. The fraction of sp³-hybridized carbons (Fsp3) is 0.909. The van der Waals surface area contributed by atoms with Crippen LogP contribution in [0, 0.1) is 17.8 Å². The van der Waals surface area contributed by atoms with Crippen molar-refractivity contribution in [3.8, 4) is 0 Å². The first kappa shape index (κ1) is 11.9. The van der Waals surface area contributed by atoms with Crippen LogP contribution < -0.4 is 0 Å². The zero-order valence-corrected chi connectivity index (χ0v) is 8.82. The summed E-state index contributed by atoms with van der Waals surface area (Å²) in [5, 5.41) is 0. The lowest BCUT2D eigenvalue weighted by atomic mass is 9.72. The maximum absolute atomic E-state index is 12.7. The third-order valence-corrected chi connectivity index (χ3v) is 3.06. The summed E-state index contributed by atoms with van der Waals surface area (Å²) in [4.78, 5) is 0. The lowest BCUT2D eigenvalue weighted by Gasteiger charge is -2.35. The zero-order chi connectivity index (χ0) is 10.8. The smallest absolute Gasteiger partial charge is 0.171 e. The summed E-state index contributed by atoms with van der Waals surface area (Å²) >= 11 is 0. The van der Waals surface area contributed by atoms with Gasteiger partial charge in [-0.25, -0.2) is 0 Å². The molecule has 0 aliphatic heterocycles. The Morgan fingerprint density at radius 1 is 1.36 bits per heavy atom. The van der Waals surface area contributed by atoms with E-state index in [1.165, 1.54) is 0 Å². The largest absolute Gasteiger partial charge is 0.392 e. The molecule has 0 bridgehead atoms. The van der Waals surface area contributed by atoms with Crippen LogP contribution in [0.25, 0.3) is 0 Å². The molecule has 0 aromatic rings. The van der Waals surface area contributed by atoms with E-state index in [-0.39, 0.29) is 5.92 Å². The second kappa shape index (κ2) is 4.54. The standard InChI is InChI=1S/C11H18F3/c1-3-4-9-6-5-8(2)7-10(9)11(12,13)14/h8,10H,3-7H2,1-2H3. The highest BCUT2D eigenvalue weighted by atomic mass is 19.4. The average Bonchev–Trinajstić information content (AvgIpc) is 2.07. The van der Waals surface area contributed by atoms with Gasteiger partial charge in [-0.1, -0.05) is 26.7 Å². The van der Waals surface area contributed by atoms with Gasteiger partial charge in [0, 0.05) is 0 Å². The van der Waals surface area contributed by atoms with Gasteiger partial charge in [0.1, 0.15) is 0 Å². The summed E-state index contributed by atoms with van der Waals surface area (Å²) < 4.78 is 38.0. The fourth-order valence-corrected chi connectivity index (χ4v) is 2.28. The molecule has 1 saturated carbocycles. The van der Waals surface area contributed by atoms with Crippen LogP contribution in [0.4, 0.5) is 13.2 Å². The van der Waals surface area contributed by atoms with Crippen LogP contribution in [0.2, 0.25) is 0 Å². The molecule has 2 unspecified atom stereocenters. The maximum Gasteiger partial charge on any atom is 0.392 e. The van der Waals surface area contributed by atoms with Crippen LogP contribution in [0.5, 0.6) is 0 Å². The van der Waals surface area contributed by atoms with Gasteiger partial charge in [0.15, 0.2) is 0 Å². The molecular formula is C11H18F3. The molecule has 1 aliphatic carbocycles. The third kappa shape index (κ3) is 2.89. The average molecular weight is 207 g/mol. The van der Waals surface area contributed by atoms with Crippen LogP contribution in [-0.4, -0.2) is 6.18 Å². The Balaban J connectivity index is 2.64. The minimum Gasteiger partial charge on any atom is -0.171 e. The van der Waals surface area contributed by atoms with Gasteiger partial charge < -0.3 is 0 Å². The second-order valence-corrected chi connectivity index (χ2v) is 4.38. The highest BCUT2D eigenvalue weighted by Crippen LogP contribution is 2.46. The van der Waals surface area contributed by atoms with Crippen molar-refractivity contribution in [2.24, 2.45) is 11.8 Å². The predicted molar refractivity (Wildman–Crippen MR) is 50.7 cm³/mol. The van der Waals surface area contributed by atoms with Gasteiger partial charge in [0.05, 0.1) is 5.92 Å². The number of halogens is 3. The van der Waals surface area contributed by atoms with Crippen molar-refractivity contribution in [3.63, 3.8) is 0 Å². The van der Waals surface area contributed by atoms with E-state index in [0.29, 0.717) is 19.3 Å². The van der Waals surface area contributed by atoms with E-state index in [4.69, 9.17) is 0 Å². The van der Waals surface area contributed by atoms with Crippen LogP contribution in [0.15, 0.2) is 0 Å². The normalized spacial score (nSPS) is 30.6. The summed E-state index contributed by atoms with van der Waals surface area (Å²) in [5.74, 6) is -0.161. The molecule has 0 aromatic heterocycles. The van der Waals surface area contributed by atoms with Crippen molar-refractivity contribution in [1.29, 1.82) is 0 Å². The predicted octanol–water partition coefficient (Wildman–Crippen LogP) is 4.36. The van der Waals surface area contributed by atoms with Gasteiger partial charge in [-0.15, -0.1) is 0 Å².